The minimum absolute atomic E-state index is 0.424. The Morgan fingerprint density at radius 3 is 2.43 bits per heavy atom. The molecule has 3 rings (SSSR count). The van der Waals surface area contributed by atoms with Crippen molar-refractivity contribution in [2.45, 2.75) is 62.9 Å². The van der Waals surface area contributed by atoms with Crippen LogP contribution in [0.1, 0.15) is 55.6 Å². The molecule has 0 unspecified atom stereocenters. The van der Waals surface area contributed by atoms with Crippen molar-refractivity contribution in [1.29, 1.82) is 0 Å². The van der Waals surface area contributed by atoms with Gasteiger partial charge in [0, 0.05) is 18.1 Å². The fourth-order valence-electron chi connectivity index (χ4n) is 4.23. The Balaban J connectivity index is 1.50. The lowest BCUT2D eigenvalue weighted by molar-refractivity contribution is 0.138. The molecular formula is C19H30N2. The van der Waals surface area contributed by atoms with Gasteiger partial charge in [0.15, 0.2) is 0 Å². The monoisotopic (exact) mass is 286 g/mol. The van der Waals surface area contributed by atoms with E-state index in [9.17, 15) is 0 Å². The molecule has 2 aliphatic rings. The highest BCUT2D eigenvalue weighted by Crippen LogP contribution is 2.39. The van der Waals surface area contributed by atoms with Crippen molar-refractivity contribution >= 4 is 0 Å². The number of aryl methyl sites for hydroxylation is 1. The molecule has 0 spiro atoms. The van der Waals surface area contributed by atoms with Gasteiger partial charge in [-0.3, -0.25) is 0 Å². The Morgan fingerprint density at radius 2 is 1.81 bits per heavy atom. The molecule has 116 valence electrons. The second-order valence-electron chi connectivity index (χ2n) is 7.43. The minimum atomic E-state index is 0.424. The van der Waals surface area contributed by atoms with E-state index in [0.29, 0.717) is 5.54 Å². The average molecular weight is 286 g/mol. The van der Waals surface area contributed by atoms with Gasteiger partial charge in [-0.15, -0.1) is 0 Å². The summed E-state index contributed by atoms with van der Waals surface area (Å²) in [6.07, 6.45) is 8.15. The van der Waals surface area contributed by atoms with E-state index >= 15 is 0 Å². The number of likely N-dealkylation sites (N-methyl/N-ethyl adjacent to an activating group) is 1. The molecule has 0 aliphatic heterocycles. The molecule has 2 fully saturated rings. The second-order valence-corrected chi connectivity index (χ2v) is 7.43. The van der Waals surface area contributed by atoms with Crippen molar-refractivity contribution in [2.75, 3.05) is 20.6 Å². The molecule has 0 radical (unpaired) electrons. The average Bonchev–Trinajstić information content (AvgIpc) is 2.89. The van der Waals surface area contributed by atoms with E-state index < -0.39 is 0 Å². The molecule has 2 saturated carbocycles. The highest BCUT2D eigenvalue weighted by Gasteiger charge is 2.38. The van der Waals surface area contributed by atoms with E-state index in [4.69, 9.17) is 0 Å². The van der Waals surface area contributed by atoms with Crippen molar-refractivity contribution in [1.82, 2.24) is 10.2 Å². The fraction of sp³-hybridized carbons (Fsp3) is 0.684. The van der Waals surface area contributed by atoms with Crippen molar-refractivity contribution in [3.63, 3.8) is 0 Å². The Hall–Kier alpha value is -0.860. The van der Waals surface area contributed by atoms with E-state index in [1.54, 1.807) is 5.56 Å². The lowest BCUT2D eigenvalue weighted by Gasteiger charge is -2.42. The Kier molecular flexibility index (Phi) is 4.37. The Morgan fingerprint density at radius 1 is 1.14 bits per heavy atom. The molecule has 0 amide bonds. The highest BCUT2D eigenvalue weighted by atomic mass is 15.2. The lowest BCUT2D eigenvalue weighted by atomic mass is 9.74. The zero-order valence-electron chi connectivity index (χ0n) is 13.9. The largest absolute Gasteiger partial charge is 0.312 e. The first-order valence-electron chi connectivity index (χ1n) is 8.57. The Labute approximate surface area is 129 Å². The third kappa shape index (κ3) is 3.02. The van der Waals surface area contributed by atoms with Crippen LogP contribution in [0.3, 0.4) is 0 Å². The number of benzene rings is 1. The smallest absolute Gasteiger partial charge is 0.0327 e. The van der Waals surface area contributed by atoms with Crippen LogP contribution in [0.15, 0.2) is 24.3 Å². The third-order valence-electron chi connectivity index (χ3n) is 5.97. The van der Waals surface area contributed by atoms with Gasteiger partial charge < -0.3 is 10.2 Å². The van der Waals surface area contributed by atoms with Crippen LogP contribution in [0.25, 0.3) is 0 Å². The van der Waals surface area contributed by atoms with Crippen LogP contribution >= 0.6 is 0 Å². The number of hydrogen-bond acceptors (Lipinski definition) is 2. The quantitative estimate of drug-likeness (QED) is 0.888. The predicted molar refractivity (Wildman–Crippen MR) is 89.8 cm³/mol. The number of hydrogen-bond donors (Lipinski definition) is 1. The molecule has 2 heteroatoms. The summed E-state index contributed by atoms with van der Waals surface area (Å²) in [5, 5.41) is 3.86. The van der Waals surface area contributed by atoms with Crippen molar-refractivity contribution < 1.29 is 0 Å². The summed E-state index contributed by atoms with van der Waals surface area (Å²) in [6.45, 7) is 3.42. The van der Waals surface area contributed by atoms with Crippen LogP contribution in [0, 0.1) is 6.92 Å². The van der Waals surface area contributed by atoms with E-state index in [1.807, 2.05) is 0 Å². The van der Waals surface area contributed by atoms with Gasteiger partial charge in [-0.2, -0.15) is 0 Å². The van der Waals surface area contributed by atoms with Gasteiger partial charge in [0.1, 0.15) is 0 Å². The molecule has 21 heavy (non-hydrogen) atoms. The van der Waals surface area contributed by atoms with Gasteiger partial charge in [0.05, 0.1) is 0 Å². The van der Waals surface area contributed by atoms with Crippen LogP contribution in [-0.4, -0.2) is 37.1 Å². The first-order chi connectivity index (χ1) is 10.1. The molecule has 2 aliphatic carbocycles. The van der Waals surface area contributed by atoms with E-state index in [0.717, 1.165) is 12.0 Å². The zero-order chi connectivity index (χ0) is 14.9. The third-order valence-corrected chi connectivity index (χ3v) is 5.97. The summed E-state index contributed by atoms with van der Waals surface area (Å²) in [7, 11) is 4.51. The molecule has 1 aromatic rings. The molecular weight excluding hydrogens is 256 g/mol. The van der Waals surface area contributed by atoms with Crippen LogP contribution in [0.2, 0.25) is 0 Å². The first kappa shape index (κ1) is 15.1. The first-order valence-corrected chi connectivity index (χ1v) is 8.57. The molecule has 1 aromatic carbocycles. The summed E-state index contributed by atoms with van der Waals surface area (Å²) < 4.78 is 0. The van der Waals surface area contributed by atoms with Crippen molar-refractivity contribution in [2.24, 2.45) is 0 Å². The maximum Gasteiger partial charge on any atom is 0.0327 e. The molecule has 0 bridgehead atoms. The number of nitrogens with one attached hydrogen (secondary N) is 1. The van der Waals surface area contributed by atoms with E-state index in [1.165, 1.54) is 50.6 Å². The van der Waals surface area contributed by atoms with Crippen LogP contribution in [-0.2, 0) is 0 Å². The van der Waals surface area contributed by atoms with Crippen LogP contribution in [0.4, 0.5) is 0 Å². The Bertz CT molecular complexity index is 468. The maximum absolute atomic E-state index is 3.86. The summed E-state index contributed by atoms with van der Waals surface area (Å²) >= 11 is 0. The number of rotatable bonds is 5. The van der Waals surface area contributed by atoms with E-state index in [2.05, 4.69) is 55.5 Å². The normalized spacial score (nSPS) is 27.8. The van der Waals surface area contributed by atoms with Gasteiger partial charge in [-0.25, -0.2) is 0 Å². The molecule has 2 nitrogen and oxygen atoms in total. The SMILES string of the molecule is Cc1ccccc1C1CC(NCC2(N(C)C)CCCC2)C1. The number of nitrogens with zero attached hydrogens (tertiary/aromatic N) is 1. The fourth-order valence-corrected chi connectivity index (χ4v) is 4.23. The molecule has 1 N–H and O–H groups in total. The van der Waals surface area contributed by atoms with Crippen LogP contribution < -0.4 is 5.32 Å². The van der Waals surface area contributed by atoms with Gasteiger partial charge in [0.25, 0.3) is 0 Å². The lowest BCUT2D eigenvalue weighted by Crippen LogP contribution is -2.53. The van der Waals surface area contributed by atoms with Gasteiger partial charge in [0.2, 0.25) is 0 Å². The maximum atomic E-state index is 3.86. The van der Waals surface area contributed by atoms with Gasteiger partial charge >= 0.3 is 0 Å². The minimum Gasteiger partial charge on any atom is -0.312 e. The summed E-state index contributed by atoms with van der Waals surface area (Å²) in [6, 6.07) is 9.62. The summed E-state index contributed by atoms with van der Waals surface area (Å²) in [5.74, 6) is 0.780. The van der Waals surface area contributed by atoms with Crippen molar-refractivity contribution in [3.05, 3.63) is 35.4 Å². The second kappa shape index (κ2) is 6.10. The van der Waals surface area contributed by atoms with Gasteiger partial charge in [-0.1, -0.05) is 37.1 Å². The topological polar surface area (TPSA) is 15.3 Å². The molecule has 0 heterocycles. The predicted octanol–water partition coefficient (Wildman–Crippen LogP) is 3.71. The molecule has 0 saturated heterocycles. The zero-order valence-corrected chi connectivity index (χ0v) is 13.9. The van der Waals surface area contributed by atoms with Gasteiger partial charge in [-0.05, 0) is 63.7 Å². The molecule has 0 atom stereocenters. The van der Waals surface area contributed by atoms with E-state index in [-0.39, 0.29) is 0 Å². The highest BCUT2D eigenvalue weighted by molar-refractivity contribution is 5.31. The summed E-state index contributed by atoms with van der Waals surface area (Å²) in [4.78, 5) is 2.46. The molecule has 0 aromatic heterocycles. The summed E-state index contributed by atoms with van der Waals surface area (Å²) in [5.41, 5.74) is 3.45. The van der Waals surface area contributed by atoms with Crippen LogP contribution in [0.5, 0.6) is 0 Å². The standard InChI is InChI=1S/C19H30N2/c1-15-8-4-5-9-18(15)16-12-17(13-16)20-14-19(21(2)3)10-6-7-11-19/h4-5,8-9,16-17,20H,6-7,10-14H2,1-3H3. The van der Waals surface area contributed by atoms with Crippen molar-refractivity contribution in [3.8, 4) is 0 Å².